The Morgan fingerprint density at radius 3 is 2.27 bits per heavy atom. The fourth-order valence-electron chi connectivity index (χ4n) is 0.292. The van der Waals surface area contributed by atoms with Gasteiger partial charge in [-0.3, -0.25) is 14.6 Å². The van der Waals surface area contributed by atoms with Crippen molar-refractivity contribution in [2.75, 3.05) is 6.66 Å². The van der Waals surface area contributed by atoms with Crippen molar-refractivity contribution in [3.05, 3.63) is 12.5 Å². The Hall–Kier alpha value is 1.12. The first-order valence-electron chi connectivity index (χ1n) is 3.13. The minimum Gasteiger partial charge on any atom is -0.335 e. The van der Waals surface area contributed by atoms with E-state index in [4.69, 9.17) is 10.1 Å². The molecule has 0 saturated carbocycles. The van der Waals surface area contributed by atoms with Gasteiger partial charge in [-0.15, -0.1) is 4.67 Å². The number of rotatable bonds is 4. The van der Waals surface area contributed by atoms with E-state index in [1.54, 1.807) is 0 Å². The summed E-state index contributed by atoms with van der Waals surface area (Å²) in [5, 5.41) is 8.91. The summed E-state index contributed by atoms with van der Waals surface area (Å²) in [4.78, 5) is 23.0. The minimum atomic E-state index is -3.71. The van der Waals surface area contributed by atoms with Crippen LogP contribution in [0.5, 0.6) is 0 Å². The average Bonchev–Trinajstić information content (AvgIpc) is 1.95. The fraction of sp³-hybridized carbons (Fsp3) is 0.400. The Morgan fingerprint density at radius 2 is 1.93 bits per heavy atom. The molecule has 0 aliphatic carbocycles. The number of nitrogens with zero attached hydrogens (tertiary/aromatic N) is 1. The molecule has 10 heteroatoms. The summed E-state index contributed by atoms with van der Waals surface area (Å²) in [7, 11) is -3.71. The van der Waals surface area contributed by atoms with Crippen LogP contribution in [0.4, 0.5) is 0 Å². The van der Waals surface area contributed by atoms with Crippen molar-refractivity contribution in [1.82, 2.24) is 5.06 Å². The molecule has 0 aliphatic heterocycles. The van der Waals surface area contributed by atoms with Gasteiger partial charge in [-0.2, -0.15) is 5.06 Å². The van der Waals surface area contributed by atoms with Crippen LogP contribution < -0.4 is 0 Å². The van der Waals surface area contributed by atoms with Crippen LogP contribution in [-0.4, -0.2) is 86.9 Å². The molecule has 7 nitrogen and oxygen atoms in total. The largest absolute Gasteiger partial charge is 0.363 e. The smallest absolute Gasteiger partial charge is 0.335 e. The Morgan fingerprint density at radius 1 is 1.47 bits per heavy atom. The maximum Gasteiger partial charge on any atom is 0.363 e. The summed E-state index contributed by atoms with van der Waals surface area (Å²) in [6, 6.07) is 0. The summed E-state index contributed by atoms with van der Waals surface area (Å²) >= 11 is 0. The van der Waals surface area contributed by atoms with E-state index in [2.05, 4.69) is 9.56 Å². The number of amides is 1. The molecule has 0 aromatic heterocycles. The average molecular weight is 257 g/mol. The normalized spacial score (nSPS) is 13.3. The molecule has 0 rings (SSSR count). The third kappa shape index (κ3) is 15.1. The van der Waals surface area contributed by atoms with Gasteiger partial charge >= 0.3 is 7.60 Å². The number of carbonyl (C=O) groups is 1. The zero-order valence-corrected chi connectivity index (χ0v) is 14.0. The van der Waals surface area contributed by atoms with E-state index >= 15 is 0 Å². The van der Waals surface area contributed by atoms with Crippen LogP contribution in [0.15, 0.2) is 12.5 Å². The third-order valence-corrected chi connectivity index (χ3v) is 1.12. The molecule has 2 radical (unpaired) electrons. The number of hydroxylamine groups is 2. The first-order valence-corrected chi connectivity index (χ1v) is 5.16. The van der Waals surface area contributed by atoms with Crippen molar-refractivity contribution in [2.45, 2.75) is 6.92 Å². The van der Waals surface area contributed by atoms with E-state index in [1.807, 2.05) is 0 Å². The fourth-order valence-corrected chi connectivity index (χ4v) is 0.502. The number of hydrogen-bond donors (Lipinski definition) is 2. The molecule has 0 bridgehead atoms. The van der Waals surface area contributed by atoms with Crippen LogP contribution in [0, 0.1) is 0 Å². The molecular weight excluding hydrogens is 247 g/mol. The van der Waals surface area contributed by atoms with E-state index < -0.39 is 13.5 Å². The zero-order chi connectivity index (χ0) is 10.5. The number of hydrogen-bond acceptors (Lipinski definition) is 5. The van der Waals surface area contributed by atoms with Gasteiger partial charge in [0.25, 0.3) is 0 Å². The van der Waals surface area contributed by atoms with Gasteiger partial charge < -0.3 is 9.78 Å². The van der Waals surface area contributed by atoms with Crippen molar-refractivity contribution in [2.24, 2.45) is 0 Å². The maximum atomic E-state index is 10.4. The van der Waals surface area contributed by atoms with Crippen molar-refractivity contribution in [3.8, 4) is 0 Å². The molecule has 1 unspecified atom stereocenters. The standard InChI is InChI=1S/C5H10NO6P.2Na/c1-5(7)6(8)3-4-11-12-13(2,9)10;;/h3-4,8H,1-2H3,(H,9,10);;. The van der Waals surface area contributed by atoms with E-state index in [0.717, 1.165) is 26.1 Å². The quantitative estimate of drug-likeness (QED) is 0.179. The van der Waals surface area contributed by atoms with Gasteiger partial charge in [0, 0.05) is 72.7 Å². The molecule has 15 heavy (non-hydrogen) atoms. The molecule has 0 aromatic rings. The van der Waals surface area contributed by atoms with Crippen LogP contribution in [0.1, 0.15) is 6.92 Å². The Balaban J connectivity index is -0.000000720. The Kier molecular flexibility index (Phi) is 14.7. The molecule has 0 heterocycles. The minimum absolute atomic E-state index is 0. The second-order valence-corrected chi connectivity index (χ2v) is 3.88. The SMILES string of the molecule is CC(=O)N(O)C=COOP(C)(=O)O.[Na].[Na]. The van der Waals surface area contributed by atoms with Gasteiger partial charge in [-0.25, -0.2) is 0 Å². The van der Waals surface area contributed by atoms with Crippen LogP contribution in [-0.2, 0) is 18.9 Å². The molecule has 1 amide bonds. The first kappa shape index (κ1) is 21.4. The van der Waals surface area contributed by atoms with Crippen molar-refractivity contribution >= 4 is 72.6 Å². The number of carbonyl (C=O) groups excluding carboxylic acids is 1. The van der Waals surface area contributed by atoms with Gasteiger partial charge in [0.1, 0.15) is 6.26 Å². The zero-order valence-electron chi connectivity index (χ0n) is 9.08. The molecule has 0 aliphatic rings. The molecule has 2 N–H and O–H groups in total. The molecular formula is C5H10NNa2O6P. The van der Waals surface area contributed by atoms with Crippen LogP contribution >= 0.6 is 7.60 Å². The van der Waals surface area contributed by atoms with Crippen LogP contribution in [0.2, 0.25) is 0 Å². The predicted octanol–water partition coefficient (Wildman–Crippen LogP) is -0.303. The van der Waals surface area contributed by atoms with Crippen molar-refractivity contribution < 1.29 is 29.0 Å². The van der Waals surface area contributed by atoms with Gasteiger partial charge in [-0.1, -0.05) is 0 Å². The monoisotopic (exact) mass is 257 g/mol. The summed E-state index contributed by atoms with van der Waals surface area (Å²) in [6.45, 7) is 2.03. The van der Waals surface area contributed by atoms with Gasteiger partial charge in [-0.05, 0) is 0 Å². The molecule has 0 spiro atoms. The second kappa shape index (κ2) is 10.3. The predicted molar refractivity (Wildman–Crippen MR) is 52.9 cm³/mol. The summed E-state index contributed by atoms with van der Waals surface area (Å²) < 4.78 is 14.4. The van der Waals surface area contributed by atoms with Crippen molar-refractivity contribution in [1.29, 1.82) is 0 Å². The maximum absolute atomic E-state index is 10.4. The van der Waals surface area contributed by atoms with Crippen LogP contribution in [0.25, 0.3) is 0 Å². The molecule has 1 atom stereocenters. The first-order chi connectivity index (χ1) is 5.83. The van der Waals surface area contributed by atoms with Crippen molar-refractivity contribution in [3.63, 3.8) is 0 Å². The Labute approximate surface area is 131 Å². The summed E-state index contributed by atoms with van der Waals surface area (Å²) in [5.41, 5.74) is 0. The van der Waals surface area contributed by atoms with Crippen LogP contribution in [0.3, 0.4) is 0 Å². The topological polar surface area (TPSA) is 96.3 Å². The Bertz CT molecular complexity index is 254. The summed E-state index contributed by atoms with van der Waals surface area (Å²) in [6.07, 6.45) is 1.56. The van der Waals surface area contributed by atoms with E-state index in [-0.39, 0.29) is 64.2 Å². The molecule has 0 aromatic carbocycles. The second-order valence-electron chi connectivity index (χ2n) is 2.12. The van der Waals surface area contributed by atoms with Gasteiger partial charge in [0.15, 0.2) is 0 Å². The summed E-state index contributed by atoms with van der Waals surface area (Å²) in [5.74, 6) is -0.636. The van der Waals surface area contributed by atoms with E-state index in [9.17, 15) is 9.36 Å². The van der Waals surface area contributed by atoms with E-state index in [1.165, 1.54) is 0 Å². The van der Waals surface area contributed by atoms with Gasteiger partial charge in [0.05, 0.1) is 6.20 Å². The molecule has 0 saturated heterocycles. The third-order valence-electron chi connectivity index (χ3n) is 0.762. The van der Waals surface area contributed by atoms with Gasteiger partial charge in [0.2, 0.25) is 5.91 Å². The molecule has 78 valence electrons. The molecule has 0 fully saturated rings. The van der Waals surface area contributed by atoms with E-state index in [0.29, 0.717) is 0 Å².